The molecule has 38 heavy (non-hydrogen) atoms. The highest BCUT2D eigenvalue weighted by Crippen LogP contribution is 2.59. The lowest BCUT2D eigenvalue weighted by atomic mass is 9.73. The van der Waals surface area contributed by atoms with E-state index in [-0.39, 0.29) is 0 Å². The molecule has 4 bridgehead atoms. The van der Waals surface area contributed by atoms with Gasteiger partial charge in [-0.15, -0.1) is 0 Å². The molecule has 4 aliphatic carbocycles. The van der Waals surface area contributed by atoms with Crippen molar-refractivity contribution in [3.05, 3.63) is 70.8 Å². The van der Waals surface area contributed by atoms with Crippen molar-refractivity contribution < 1.29 is 0 Å². The molecule has 0 radical (unpaired) electrons. The molecule has 0 N–H and O–H groups in total. The molecule has 2 aromatic carbocycles. The third-order valence-electron chi connectivity index (χ3n) is 12.9. The first-order valence-electron chi connectivity index (χ1n) is 16.1. The normalized spacial score (nSPS) is 40.8. The van der Waals surface area contributed by atoms with Crippen molar-refractivity contribution in [3.63, 3.8) is 0 Å². The quantitative estimate of drug-likeness (QED) is 0.391. The largest absolute Gasteiger partial charge is 0.297 e. The van der Waals surface area contributed by atoms with E-state index in [1.54, 1.807) is 11.1 Å². The molecule has 2 heteroatoms. The van der Waals surface area contributed by atoms with Crippen molar-refractivity contribution in [1.82, 2.24) is 9.80 Å². The Morgan fingerprint density at radius 2 is 0.868 bits per heavy atom. The van der Waals surface area contributed by atoms with Crippen LogP contribution in [0.1, 0.15) is 87.5 Å². The summed E-state index contributed by atoms with van der Waals surface area (Å²) >= 11 is 0. The first-order chi connectivity index (χ1) is 18.4. The third kappa shape index (κ3) is 4.48. The SMILES string of the molecule is CC1C2CC(c3ccc(CN4CCN(Cc5ccc(C6CC7CC6C(C)C7C)cc5)CC4)cc3)C(C2)C1C. The van der Waals surface area contributed by atoms with Crippen molar-refractivity contribution in [2.24, 2.45) is 47.3 Å². The summed E-state index contributed by atoms with van der Waals surface area (Å²) in [5, 5.41) is 0. The number of hydrogen-bond donors (Lipinski definition) is 0. The first kappa shape index (κ1) is 25.3. The third-order valence-corrected chi connectivity index (χ3v) is 12.9. The Hall–Kier alpha value is -1.64. The highest BCUT2D eigenvalue weighted by Gasteiger charge is 2.49. The maximum Gasteiger partial charge on any atom is 0.0234 e. The van der Waals surface area contributed by atoms with E-state index < -0.39 is 0 Å². The maximum atomic E-state index is 2.66. The van der Waals surface area contributed by atoms with Crippen LogP contribution in [0, 0.1) is 47.3 Å². The molecule has 5 fully saturated rings. The lowest BCUT2D eigenvalue weighted by Crippen LogP contribution is -2.45. The van der Waals surface area contributed by atoms with Crippen LogP contribution in [0.3, 0.4) is 0 Å². The minimum atomic E-state index is 0.818. The number of piperazine rings is 1. The summed E-state index contributed by atoms with van der Waals surface area (Å²) in [5.41, 5.74) is 6.21. The molecule has 10 atom stereocenters. The van der Waals surface area contributed by atoms with E-state index in [1.165, 1.54) is 63.0 Å². The van der Waals surface area contributed by atoms with Crippen molar-refractivity contribution in [3.8, 4) is 0 Å². The van der Waals surface area contributed by atoms with Gasteiger partial charge in [-0.2, -0.15) is 0 Å². The van der Waals surface area contributed by atoms with Gasteiger partial charge < -0.3 is 0 Å². The van der Waals surface area contributed by atoms with Gasteiger partial charge in [0.15, 0.2) is 0 Å². The van der Waals surface area contributed by atoms with Crippen LogP contribution in [0.15, 0.2) is 48.5 Å². The highest BCUT2D eigenvalue weighted by molar-refractivity contribution is 5.29. The Kier molecular flexibility index (Phi) is 6.72. The Morgan fingerprint density at radius 1 is 0.500 bits per heavy atom. The van der Waals surface area contributed by atoms with Crippen LogP contribution in [-0.4, -0.2) is 36.0 Å². The predicted octanol–water partition coefficient (Wildman–Crippen LogP) is 7.80. The van der Waals surface area contributed by atoms with Gasteiger partial charge in [-0.3, -0.25) is 9.80 Å². The van der Waals surface area contributed by atoms with Gasteiger partial charge in [-0.25, -0.2) is 0 Å². The van der Waals surface area contributed by atoms with Crippen molar-refractivity contribution in [1.29, 1.82) is 0 Å². The molecular weight excluding hydrogens is 460 g/mol. The second kappa shape index (κ2) is 10.1. The van der Waals surface area contributed by atoms with Crippen molar-refractivity contribution in [2.45, 2.75) is 78.3 Å². The van der Waals surface area contributed by atoms with Gasteiger partial charge in [0.2, 0.25) is 0 Å². The van der Waals surface area contributed by atoms with E-state index in [2.05, 4.69) is 86.0 Å². The molecule has 5 aliphatic rings. The molecule has 2 nitrogen and oxygen atoms in total. The molecule has 0 amide bonds. The van der Waals surface area contributed by atoms with Gasteiger partial charge in [-0.05, 0) is 107 Å². The van der Waals surface area contributed by atoms with E-state index in [4.69, 9.17) is 0 Å². The zero-order chi connectivity index (χ0) is 26.0. The zero-order valence-electron chi connectivity index (χ0n) is 24.4. The highest BCUT2D eigenvalue weighted by atomic mass is 15.3. The molecular formula is C36H50N2. The van der Waals surface area contributed by atoms with Crippen LogP contribution in [0.4, 0.5) is 0 Å². The summed E-state index contributed by atoms with van der Waals surface area (Å²) in [5.74, 6) is 9.13. The van der Waals surface area contributed by atoms with Gasteiger partial charge in [-0.1, -0.05) is 76.2 Å². The fourth-order valence-electron chi connectivity index (χ4n) is 10.0. The Balaban J connectivity index is 0.883. The van der Waals surface area contributed by atoms with Crippen molar-refractivity contribution in [2.75, 3.05) is 26.2 Å². The smallest absolute Gasteiger partial charge is 0.0234 e. The number of benzene rings is 2. The van der Waals surface area contributed by atoms with E-state index in [0.717, 1.165) is 72.3 Å². The first-order valence-corrected chi connectivity index (χ1v) is 16.1. The van der Waals surface area contributed by atoms with E-state index in [9.17, 15) is 0 Å². The second-order valence-corrected chi connectivity index (χ2v) is 14.5. The van der Waals surface area contributed by atoms with Gasteiger partial charge in [0.05, 0.1) is 0 Å². The van der Waals surface area contributed by atoms with Crippen LogP contribution in [0.2, 0.25) is 0 Å². The Morgan fingerprint density at radius 3 is 1.18 bits per heavy atom. The van der Waals surface area contributed by atoms with Crippen molar-refractivity contribution >= 4 is 0 Å². The molecule has 4 saturated carbocycles. The molecule has 2 aromatic rings. The standard InChI is InChI=1S/C36H50N2/c1-23-25(3)33-17-31(23)19-35(33)29-9-5-27(6-10-29)21-37-13-15-38(16-14-37)22-28-7-11-30(12-8-28)36-20-32-18-34(36)26(4)24(32)2/h5-12,23-26,31-36H,13-22H2,1-4H3. The number of nitrogens with zero attached hydrogens (tertiary/aromatic N) is 2. The van der Waals surface area contributed by atoms with Gasteiger partial charge in [0, 0.05) is 39.3 Å². The Labute approximate surface area is 232 Å². The second-order valence-electron chi connectivity index (χ2n) is 14.5. The number of rotatable bonds is 6. The molecule has 1 saturated heterocycles. The van der Waals surface area contributed by atoms with Gasteiger partial charge in [0.1, 0.15) is 0 Å². The average molecular weight is 511 g/mol. The van der Waals surface area contributed by atoms with Gasteiger partial charge in [0.25, 0.3) is 0 Å². The topological polar surface area (TPSA) is 6.48 Å². The summed E-state index contributed by atoms with van der Waals surface area (Å²) in [6.07, 6.45) is 5.81. The molecule has 10 unspecified atom stereocenters. The lowest BCUT2D eigenvalue weighted by Gasteiger charge is -2.35. The fourth-order valence-corrected chi connectivity index (χ4v) is 10.0. The van der Waals surface area contributed by atoms with Crippen LogP contribution >= 0.6 is 0 Å². The minimum Gasteiger partial charge on any atom is -0.297 e. The molecule has 1 heterocycles. The monoisotopic (exact) mass is 510 g/mol. The maximum absolute atomic E-state index is 2.66. The molecule has 0 aromatic heterocycles. The zero-order valence-corrected chi connectivity index (χ0v) is 24.4. The summed E-state index contributed by atoms with van der Waals surface area (Å²) < 4.78 is 0. The predicted molar refractivity (Wildman–Crippen MR) is 158 cm³/mol. The Bertz CT molecular complexity index is 1000. The summed E-state index contributed by atoms with van der Waals surface area (Å²) in [7, 11) is 0. The number of fused-ring (bicyclic) bond motifs is 4. The average Bonchev–Trinajstić information content (AvgIpc) is 3.70. The van der Waals surface area contributed by atoms with E-state index in [1.807, 2.05) is 0 Å². The molecule has 204 valence electrons. The van der Waals surface area contributed by atoms with Crippen LogP contribution < -0.4 is 0 Å². The fraction of sp³-hybridized carbons (Fsp3) is 0.667. The lowest BCUT2D eigenvalue weighted by molar-refractivity contribution is 0.122. The molecule has 0 spiro atoms. The van der Waals surface area contributed by atoms with E-state index >= 15 is 0 Å². The van der Waals surface area contributed by atoms with Gasteiger partial charge >= 0.3 is 0 Å². The summed E-state index contributed by atoms with van der Waals surface area (Å²) in [6, 6.07) is 19.6. The van der Waals surface area contributed by atoms with Crippen LogP contribution in [-0.2, 0) is 13.1 Å². The molecule has 1 aliphatic heterocycles. The van der Waals surface area contributed by atoms with Crippen LogP contribution in [0.25, 0.3) is 0 Å². The van der Waals surface area contributed by atoms with Crippen LogP contribution in [0.5, 0.6) is 0 Å². The number of hydrogen-bond acceptors (Lipinski definition) is 2. The summed E-state index contributed by atoms with van der Waals surface area (Å²) in [4.78, 5) is 5.32. The van der Waals surface area contributed by atoms with E-state index in [0.29, 0.717) is 0 Å². The summed E-state index contributed by atoms with van der Waals surface area (Å²) in [6.45, 7) is 16.9. The molecule has 7 rings (SSSR count). The minimum absolute atomic E-state index is 0.818.